The summed E-state index contributed by atoms with van der Waals surface area (Å²) in [4.78, 5) is 24.5. The zero-order valence-electron chi connectivity index (χ0n) is 14.8. The molecule has 0 bridgehead atoms. The summed E-state index contributed by atoms with van der Waals surface area (Å²) in [6.07, 6.45) is 0.675. The molecule has 142 valence electrons. The summed E-state index contributed by atoms with van der Waals surface area (Å²) in [5.41, 5.74) is 7.75. The molecule has 7 N–H and O–H groups in total. The number of halogens is 1. The van der Waals surface area contributed by atoms with Crippen LogP contribution in [0, 0.1) is 11.8 Å². The van der Waals surface area contributed by atoms with Crippen molar-refractivity contribution in [1.29, 1.82) is 0 Å². The van der Waals surface area contributed by atoms with Gasteiger partial charge in [-0.2, -0.15) is 0 Å². The molecule has 0 aliphatic carbocycles. The van der Waals surface area contributed by atoms with Gasteiger partial charge in [0, 0.05) is 16.7 Å². The van der Waals surface area contributed by atoms with Crippen LogP contribution in [0.5, 0.6) is 0 Å². The molecule has 0 radical (unpaired) electrons. The Hall–Kier alpha value is -2.17. The van der Waals surface area contributed by atoms with E-state index in [1.54, 1.807) is 12.1 Å². The van der Waals surface area contributed by atoms with E-state index in [0.29, 0.717) is 30.4 Å². The molecule has 1 aromatic rings. The molecule has 1 heterocycles. The third kappa shape index (κ3) is 6.98. The number of carbonyl (C=O) groups excluding carboxylic acids is 2. The number of amides is 3. The Kier molecular flexibility index (Phi) is 7.82. The highest BCUT2D eigenvalue weighted by Crippen LogP contribution is 2.14. The lowest BCUT2D eigenvalue weighted by molar-refractivity contribution is -0.713. The van der Waals surface area contributed by atoms with Crippen molar-refractivity contribution < 1.29 is 15.1 Å². The average Bonchev–Trinajstić information content (AvgIpc) is 3.11. The second kappa shape index (κ2) is 10.1. The largest absolute Gasteiger partial charge is 0.348 e. The SMILES string of the molecule is CC(C)CC(CNC(=O)Nc1ccc(Br)cc1)C(=O)NCC1=N[NH2+]NN1. The van der Waals surface area contributed by atoms with Gasteiger partial charge in [0.15, 0.2) is 5.84 Å². The Morgan fingerprint density at radius 1 is 1.23 bits per heavy atom. The Labute approximate surface area is 160 Å². The van der Waals surface area contributed by atoms with E-state index in [-0.39, 0.29) is 24.4 Å². The summed E-state index contributed by atoms with van der Waals surface area (Å²) < 4.78 is 0.936. The first-order valence-electron chi connectivity index (χ1n) is 8.42. The van der Waals surface area contributed by atoms with Gasteiger partial charge in [0.1, 0.15) is 0 Å². The molecule has 1 atom stereocenters. The third-order valence-corrected chi connectivity index (χ3v) is 4.20. The van der Waals surface area contributed by atoms with Gasteiger partial charge in [-0.25, -0.2) is 4.79 Å². The molecule has 0 fully saturated rings. The predicted octanol–water partition coefficient (Wildman–Crippen LogP) is 0.249. The summed E-state index contributed by atoms with van der Waals surface area (Å²) in [7, 11) is 0. The monoisotopic (exact) mass is 426 g/mol. The molecule has 0 saturated carbocycles. The normalized spacial score (nSPS) is 14.4. The van der Waals surface area contributed by atoms with Gasteiger partial charge in [-0.15, -0.1) is 5.53 Å². The van der Waals surface area contributed by atoms with Gasteiger partial charge < -0.3 is 16.0 Å². The molecule has 9 nitrogen and oxygen atoms in total. The number of hydrogen-bond donors (Lipinski definition) is 6. The fraction of sp³-hybridized carbons (Fsp3) is 0.438. The van der Waals surface area contributed by atoms with E-state index >= 15 is 0 Å². The molecular formula is C16H25BrN7O2+. The van der Waals surface area contributed by atoms with Crippen molar-refractivity contribution in [3.8, 4) is 0 Å². The summed E-state index contributed by atoms with van der Waals surface area (Å²) in [5, 5.41) is 12.4. The van der Waals surface area contributed by atoms with Crippen molar-refractivity contribution in [2.75, 3.05) is 18.4 Å². The molecule has 0 saturated heterocycles. The molecule has 1 aromatic carbocycles. The summed E-state index contributed by atoms with van der Waals surface area (Å²) in [6, 6.07) is 6.94. The minimum atomic E-state index is -0.338. The smallest absolute Gasteiger partial charge is 0.319 e. The topological polar surface area (TPSA) is 123 Å². The standard InChI is InChI=1S/C16H24BrN7O2/c1-10(2)7-11(15(25)18-9-14-21-23-24-22-14)8-19-16(26)20-13-5-3-12(17)4-6-13/h3-6,10-11,23-24H,7-9H2,1-2H3,(H,18,25)(H,21,22)(H2,19,20,26)/p+1. The van der Waals surface area contributed by atoms with Crippen LogP contribution in [0.25, 0.3) is 0 Å². The molecule has 26 heavy (non-hydrogen) atoms. The maximum atomic E-state index is 12.4. The van der Waals surface area contributed by atoms with Gasteiger partial charge in [0.05, 0.1) is 12.5 Å². The van der Waals surface area contributed by atoms with E-state index < -0.39 is 0 Å². The highest BCUT2D eigenvalue weighted by Gasteiger charge is 2.21. The predicted molar refractivity (Wildman–Crippen MR) is 103 cm³/mol. The molecule has 3 amide bonds. The summed E-state index contributed by atoms with van der Waals surface area (Å²) in [5.74, 6) is 0.547. The van der Waals surface area contributed by atoms with Crippen molar-refractivity contribution in [3.05, 3.63) is 28.7 Å². The van der Waals surface area contributed by atoms with Gasteiger partial charge in [0.25, 0.3) is 0 Å². The lowest BCUT2D eigenvalue weighted by Gasteiger charge is -2.19. The first-order chi connectivity index (χ1) is 12.4. The van der Waals surface area contributed by atoms with E-state index in [4.69, 9.17) is 0 Å². The van der Waals surface area contributed by atoms with Crippen LogP contribution in [0.15, 0.2) is 33.8 Å². The van der Waals surface area contributed by atoms with Gasteiger partial charge in [-0.05, 0) is 41.7 Å². The first kappa shape index (κ1) is 20.1. The van der Waals surface area contributed by atoms with Crippen LogP contribution in [0.3, 0.4) is 0 Å². The number of quaternary nitrogens is 1. The van der Waals surface area contributed by atoms with Gasteiger partial charge in [-0.1, -0.05) is 35.3 Å². The summed E-state index contributed by atoms with van der Waals surface area (Å²) in [6.45, 7) is 4.66. The number of amidine groups is 1. The zero-order valence-corrected chi connectivity index (χ0v) is 16.4. The quantitative estimate of drug-likeness (QED) is 0.333. The number of urea groups is 1. The van der Waals surface area contributed by atoms with Crippen LogP contribution in [-0.4, -0.2) is 30.9 Å². The second-order valence-electron chi connectivity index (χ2n) is 6.36. The fourth-order valence-corrected chi connectivity index (χ4v) is 2.70. The van der Waals surface area contributed by atoms with Crippen LogP contribution in [0.4, 0.5) is 10.5 Å². The number of anilines is 1. The van der Waals surface area contributed by atoms with E-state index in [1.807, 2.05) is 26.0 Å². The molecule has 10 heteroatoms. The van der Waals surface area contributed by atoms with Crippen molar-refractivity contribution in [2.45, 2.75) is 20.3 Å². The van der Waals surface area contributed by atoms with Crippen LogP contribution < -0.4 is 32.4 Å². The van der Waals surface area contributed by atoms with E-state index in [2.05, 4.69) is 47.9 Å². The number of nitrogens with one attached hydrogen (secondary N) is 5. The summed E-state index contributed by atoms with van der Waals surface area (Å²) >= 11 is 3.35. The molecular weight excluding hydrogens is 402 g/mol. The minimum Gasteiger partial charge on any atom is -0.348 e. The molecule has 1 aliphatic heterocycles. The van der Waals surface area contributed by atoms with Gasteiger partial charge in [-0.3, -0.25) is 10.2 Å². The van der Waals surface area contributed by atoms with Crippen LogP contribution in [-0.2, 0) is 4.79 Å². The second-order valence-corrected chi connectivity index (χ2v) is 7.28. The Bertz CT molecular complexity index is 649. The number of benzene rings is 1. The maximum Gasteiger partial charge on any atom is 0.319 e. The highest BCUT2D eigenvalue weighted by molar-refractivity contribution is 9.10. The number of rotatable bonds is 8. The highest BCUT2D eigenvalue weighted by atomic mass is 79.9. The number of hydrazine groups is 1. The lowest BCUT2D eigenvalue weighted by atomic mass is 9.96. The van der Waals surface area contributed by atoms with Gasteiger partial charge >= 0.3 is 6.03 Å². The number of carbonyl (C=O) groups is 2. The molecule has 1 unspecified atom stereocenters. The number of hydrogen-bond acceptors (Lipinski definition) is 5. The molecule has 1 aliphatic rings. The third-order valence-electron chi connectivity index (χ3n) is 3.67. The van der Waals surface area contributed by atoms with Crippen LogP contribution in [0.1, 0.15) is 20.3 Å². The maximum absolute atomic E-state index is 12.4. The van der Waals surface area contributed by atoms with Crippen molar-refractivity contribution >= 4 is 39.4 Å². The zero-order chi connectivity index (χ0) is 18.9. The van der Waals surface area contributed by atoms with E-state index in [9.17, 15) is 9.59 Å². The first-order valence-corrected chi connectivity index (χ1v) is 9.21. The van der Waals surface area contributed by atoms with Crippen molar-refractivity contribution in [2.24, 2.45) is 16.9 Å². The molecule has 0 spiro atoms. The van der Waals surface area contributed by atoms with E-state index in [0.717, 1.165) is 4.47 Å². The van der Waals surface area contributed by atoms with Crippen LogP contribution in [0.2, 0.25) is 0 Å². The van der Waals surface area contributed by atoms with E-state index in [1.165, 1.54) is 5.53 Å². The number of nitrogens with two attached hydrogens (primary N) is 1. The van der Waals surface area contributed by atoms with Crippen molar-refractivity contribution in [1.82, 2.24) is 21.6 Å². The van der Waals surface area contributed by atoms with Crippen LogP contribution >= 0.6 is 15.9 Å². The Morgan fingerprint density at radius 2 is 1.96 bits per heavy atom. The Morgan fingerprint density at radius 3 is 2.58 bits per heavy atom. The molecule has 0 aromatic heterocycles. The fourth-order valence-electron chi connectivity index (χ4n) is 2.44. The van der Waals surface area contributed by atoms with Crippen molar-refractivity contribution in [3.63, 3.8) is 0 Å². The van der Waals surface area contributed by atoms with Gasteiger partial charge in [0.2, 0.25) is 5.91 Å². The average molecular weight is 427 g/mol. The lowest BCUT2D eigenvalue weighted by Crippen LogP contribution is -2.87. The Balaban J connectivity index is 1.82. The number of nitrogens with zero attached hydrogens (tertiary/aromatic N) is 1. The minimum absolute atomic E-state index is 0.112. The molecule has 2 rings (SSSR count).